The van der Waals surface area contributed by atoms with Crippen LogP contribution in [0.25, 0.3) is 0 Å². The summed E-state index contributed by atoms with van der Waals surface area (Å²) in [4.78, 5) is 14.1. The molecule has 2 rings (SSSR count). The van der Waals surface area contributed by atoms with Gasteiger partial charge in [0.25, 0.3) is 0 Å². The van der Waals surface area contributed by atoms with Gasteiger partial charge in [-0.25, -0.2) is 4.39 Å². The second kappa shape index (κ2) is 6.15. The molecular formula is C15H21FN2O. The van der Waals surface area contributed by atoms with Crippen molar-refractivity contribution < 1.29 is 9.18 Å². The average molecular weight is 264 g/mol. The number of hydrogen-bond acceptors (Lipinski definition) is 2. The molecule has 4 heteroatoms. The number of benzene rings is 1. The lowest BCUT2D eigenvalue weighted by atomic mass is 10.0. The highest BCUT2D eigenvalue weighted by Gasteiger charge is 2.20. The third-order valence-corrected chi connectivity index (χ3v) is 3.69. The van der Waals surface area contributed by atoms with Crippen LogP contribution in [0.1, 0.15) is 31.7 Å². The minimum atomic E-state index is -0.375. The van der Waals surface area contributed by atoms with E-state index in [2.05, 4.69) is 17.1 Å². The Balaban J connectivity index is 1.93. The van der Waals surface area contributed by atoms with Crippen LogP contribution in [0.15, 0.2) is 18.2 Å². The minimum Gasteiger partial charge on any atom is -0.322 e. The van der Waals surface area contributed by atoms with Gasteiger partial charge in [0, 0.05) is 6.04 Å². The van der Waals surface area contributed by atoms with Crippen LogP contribution >= 0.6 is 0 Å². The lowest BCUT2D eigenvalue weighted by molar-refractivity contribution is -0.118. The van der Waals surface area contributed by atoms with Gasteiger partial charge in [-0.2, -0.15) is 0 Å². The Morgan fingerprint density at radius 2 is 2.26 bits per heavy atom. The molecule has 19 heavy (non-hydrogen) atoms. The summed E-state index contributed by atoms with van der Waals surface area (Å²) in [6.07, 6.45) is 3.49. The van der Waals surface area contributed by atoms with Crippen molar-refractivity contribution in [1.29, 1.82) is 0 Å². The van der Waals surface area contributed by atoms with Crippen LogP contribution in [-0.2, 0) is 4.79 Å². The van der Waals surface area contributed by atoms with E-state index in [1.54, 1.807) is 12.1 Å². The van der Waals surface area contributed by atoms with E-state index in [1.165, 1.54) is 12.5 Å². The molecule has 0 aromatic heterocycles. The molecule has 0 unspecified atom stereocenters. The standard InChI is InChI=1S/C15H21FN2O/c1-11-6-7-14(13(16)9-11)17-15(19)10-18-8-4-3-5-12(18)2/h6-7,9,12H,3-5,8,10H2,1-2H3,(H,17,19)/t12-/m1/s1. The molecule has 1 aromatic carbocycles. The van der Waals surface area contributed by atoms with Crippen LogP contribution in [0.4, 0.5) is 10.1 Å². The highest BCUT2D eigenvalue weighted by Crippen LogP contribution is 2.18. The summed E-state index contributed by atoms with van der Waals surface area (Å²) in [5.41, 5.74) is 1.11. The largest absolute Gasteiger partial charge is 0.322 e. The van der Waals surface area contributed by atoms with Crippen LogP contribution in [0.5, 0.6) is 0 Å². The lowest BCUT2D eigenvalue weighted by Gasteiger charge is -2.32. The van der Waals surface area contributed by atoms with E-state index in [0.717, 1.165) is 24.9 Å². The van der Waals surface area contributed by atoms with Crippen molar-refractivity contribution in [3.8, 4) is 0 Å². The fourth-order valence-electron chi connectivity index (χ4n) is 2.49. The Morgan fingerprint density at radius 3 is 2.95 bits per heavy atom. The van der Waals surface area contributed by atoms with E-state index in [0.29, 0.717) is 12.6 Å². The van der Waals surface area contributed by atoms with Crippen LogP contribution in [0, 0.1) is 12.7 Å². The number of amides is 1. The maximum absolute atomic E-state index is 13.6. The monoisotopic (exact) mass is 264 g/mol. The highest BCUT2D eigenvalue weighted by atomic mass is 19.1. The highest BCUT2D eigenvalue weighted by molar-refractivity contribution is 5.92. The van der Waals surface area contributed by atoms with Crippen molar-refractivity contribution in [3.63, 3.8) is 0 Å². The molecule has 3 nitrogen and oxygen atoms in total. The summed E-state index contributed by atoms with van der Waals surface area (Å²) in [5, 5.41) is 2.65. The third kappa shape index (κ3) is 3.77. The minimum absolute atomic E-state index is 0.142. The lowest BCUT2D eigenvalue weighted by Crippen LogP contribution is -2.42. The molecular weight excluding hydrogens is 243 g/mol. The summed E-state index contributed by atoms with van der Waals surface area (Å²) < 4.78 is 13.6. The zero-order chi connectivity index (χ0) is 13.8. The van der Waals surface area contributed by atoms with Gasteiger partial charge in [0.05, 0.1) is 12.2 Å². The molecule has 1 atom stereocenters. The number of rotatable bonds is 3. The number of likely N-dealkylation sites (tertiary alicyclic amines) is 1. The Kier molecular flexibility index (Phi) is 4.53. The number of nitrogens with one attached hydrogen (secondary N) is 1. The van der Waals surface area contributed by atoms with Gasteiger partial charge in [-0.05, 0) is 50.9 Å². The first-order chi connectivity index (χ1) is 9.06. The summed E-state index contributed by atoms with van der Waals surface area (Å²) in [6.45, 7) is 5.25. The first-order valence-corrected chi connectivity index (χ1v) is 6.86. The third-order valence-electron chi connectivity index (χ3n) is 3.69. The molecule has 1 amide bonds. The summed E-state index contributed by atoms with van der Waals surface area (Å²) in [6, 6.07) is 5.27. The average Bonchev–Trinajstić information content (AvgIpc) is 2.36. The number of anilines is 1. The summed E-state index contributed by atoms with van der Waals surface area (Å²) >= 11 is 0. The predicted molar refractivity (Wildman–Crippen MR) is 74.7 cm³/mol. The SMILES string of the molecule is Cc1ccc(NC(=O)CN2CCCC[C@H]2C)c(F)c1. The van der Waals surface area contributed by atoms with Crippen LogP contribution in [-0.4, -0.2) is 29.9 Å². The van der Waals surface area contributed by atoms with E-state index in [1.807, 2.05) is 6.92 Å². The molecule has 0 aliphatic carbocycles. The fourth-order valence-corrected chi connectivity index (χ4v) is 2.49. The molecule has 1 saturated heterocycles. The Labute approximate surface area is 113 Å². The van der Waals surface area contributed by atoms with E-state index >= 15 is 0 Å². The smallest absolute Gasteiger partial charge is 0.238 e. The van der Waals surface area contributed by atoms with Crippen LogP contribution in [0.2, 0.25) is 0 Å². The molecule has 1 aromatic rings. The quantitative estimate of drug-likeness (QED) is 0.910. The fraction of sp³-hybridized carbons (Fsp3) is 0.533. The van der Waals surface area contributed by atoms with Crippen molar-refractivity contribution >= 4 is 11.6 Å². The second-order valence-electron chi connectivity index (χ2n) is 5.35. The van der Waals surface area contributed by atoms with Crippen LogP contribution < -0.4 is 5.32 Å². The van der Waals surface area contributed by atoms with Crippen molar-refractivity contribution in [2.75, 3.05) is 18.4 Å². The van der Waals surface area contributed by atoms with Crippen molar-refractivity contribution in [2.24, 2.45) is 0 Å². The summed E-state index contributed by atoms with van der Waals surface area (Å²) in [5.74, 6) is -0.517. The molecule has 1 fully saturated rings. The Morgan fingerprint density at radius 1 is 1.47 bits per heavy atom. The van der Waals surface area contributed by atoms with Gasteiger partial charge in [-0.3, -0.25) is 9.69 Å². The van der Waals surface area contributed by atoms with Gasteiger partial charge in [0.15, 0.2) is 0 Å². The number of hydrogen-bond donors (Lipinski definition) is 1. The van der Waals surface area contributed by atoms with E-state index in [9.17, 15) is 9.18 Å². The number of carbonyl (C=O) groups is 1. The summed E-state index contributed by atoms with van der Waals surface area (Å²) in [7, 11) is 0. The van der Waals surface area contributed by atoms with Crippen molar-refractivity contribution in [1.82, 2.24) is 4.90 Å². The number of halogens is 1. The molecule has 1 aliphatic heterocycles. The number of aryl methyl sites for hydroxylation is 1. The molecule has 1 heterocycles. The zero-order valence-corrected chi connectivity index (χ0v) is 11.6. The van der Waals surface area contributed by atoms with E-state index < -0.39 is 0 Å². The molecule has 0 spiro atoms. The van der Waals surface area contributed by atoms with Crippen molar-refractivity contribution in [2.45, 2.75) is 39.2 Å². The van der Waals surface area contributed by atoms with Gasteiger partial charge < -0.3 is 5.32 Å². The molecule has 0 radical (unpaired) electrons. The van der Waals surface area contributed by atoms with Gasteiger partial charge in [-0.1, -0.05) is 12.5 Å². The normalized spacial score (nSPS) is 20.3. The maximum Gasteiger partial charge on any atom is 0.238 e. The van der Waals surface area contributed by atoms with Gasteiger partial charge in [0.2, 0.25) is 5.91 Å². The number of carbonyl (C=O) groups excluding carboxylic acids is 1. The second-order valence-corrected chi connectivity index (χ2v) is 5.35. The van der Waals surface area contributed by atoms with Crippen molar-refractivity contribution in [3.05, 3.63) is 29.6 Å². The van der Waals surface area contributed by atoms with E-state index in [-0.39, 0.29) is 17.4 Å². The maximum atomic E-state index is 13.6. The first-order valence-electron chi connectivity index (χ1n) is 6.86. The molecule has 104 valence electrons. The van der Waals surface area contributed by atoms with Crippen LogP contribution in [0.3, 0.4) is 0 Å². The van der Waals surface area contributed by atoms with Gasteiger partial charge in [-0.15, -0.1) is 0 Å². The number of piperidine rings is 1. The Bertz CT molecular complexity index is 461. The number of nitrogens with zero attached hydrogens (tertiary/aromatic N) is 1. The molecule has 1 aliphatic rings. The molecule has 1 N–H and O–H groups in total. The predicted octanol–water partition coefficient (Wildman–Crippen LogP) is 2.95. The topological polar surface area (TPSA) is 32.3 Å². The first kappa shape index (κ1) is 14.0. The Hall–Kier alpha value is -1.42. The zero-order valence-electron chi connectivity index (χ0n) is 11.6. The van der Waals surface area contributed by atoms with Gasteiger partial charge in [0.1, 0.15) is 5.82 Å². The van der Waals surface area contributed by atoms with E-state index in [4.69, 9.17) is 0 Å². The van der Waals surface area contributed by atoms with Gasteiger partial charge >= 0.3 is 0 Å². The molecule has 0 saturated carbocycles. The molecule has 0 bridgehead atoms.